The van der Waals surface area contributed by atoms with Crippen LogP contribution in [0, 0.1) is 0 Å². The molecule has 1 fully saturated rings. The molecule has 2 rings (SSSR count). The number of rotatable bonds is 2. The van der Waals surface area contributed by atoms with Crippen molar-refractivity contribution < 1.29 is 9.90 Å². The summed E-state index contributed by atoms with van der Waals surface area (Å²) in [6.45, 7) is 1.97. The molecule has 1 aliphatic carbocycles. The quantitative estimate of drug-likeness (QED) is 0.637. The van der Waals surface area contributed by atoms with Crippen molar-refractivity contribution in [2.75, 3.05) is 0 Å². The Bertz CT molecular complexity index is 508. The lowest BCUT2D eigenvalue weighted by Gasteiger charge is -2.18. The average Bonchev–Trinajstić information content (AvgIpc) is 2.41. The van der Waals surface area contributed by atoms with Crippen LogP contribution in [-0.2, 0) is 0 Å². The zero-order valence-electron chi connectivity index (χ0n) is 10.6. The lowest BCUT2D eigenvalue weighted by atomic mass is 9.91. The average molecular weight is 242 g/mol. The van der Waals surface area contributed by atoms with E-state index in [1.807, 2.05) is 25.1 Å². The summed E-state index contributed by atoms with van der Waals surface area (Å²) in [6, 6.07) is 7.47. The second-order valence-electron chi connectivity index (χ2n) is 4.78. The predicted octanol–water partition coefficient (Wildman–Crippen LogP) is 3.36. The highest BCUT2D eigenvalue weighted by Crippen LogP contribution is 2.24. The van der Waals surface area contributed by atoms with Crippen LogP contribution in [0.2, 0.25) is 0 Å². The van der Waals surface area contributed by atoms with Crippen LogP contribution >= 0.6 is 0 Å². The molecule has 0 radical (unpaired) electrons. The van der Waals surface area contributed by atoms with Gasteiger partial charge >= 0.3 is 0 Å². The van der Waals surface area contributed by atoms with E-state index in [9.17, 15) is 9.90 Å². The monoisotopic (exact) mass is 242 g/mol. The molecular weight excluding hydrogens is 224 g/mol. The van der Waals surface area contributed by atoms with E-state index in [1.54, 1.807) is 6.07 Å². The van der Waals surface area contributed by atoms with E-state index in [0.717, 1.165) is 48.7 Å². The Kier molecular flexibility index (Phi) is 4.14. The largest absolute Gasteiger partial charge is 0.388 e. The molecule has 0 aromatic heterocycles. The SMILES string of the molecule is CC(=C=C1CCCC[C@@H]1O)c1cccc(C=O)c1. The zero-order chi connectivity index (χ0) is 13.0. The normalized spacial score (nSPS) is 19.2. The van der Waals surface area contributed by atoms with Crippen molar-refractivity contribution in [1.82, 2.24) is 0 Å². The molecule has 1 atom stereocenters. The zero-order valence-corrected chi connectivity index (χ0v) is 10.6. The summed E-state index contributed by atoms with van der Waals surface area (Å²) >= 11 is 0. The van der Waals surface area contributed by atoms with Crippen LogP contribution in [0.4, 0.5) is 0 Å². The Hall–Kier alpha value is -1.63. The Morgan fingerprint density at radius 1 is 1.44 bits per heavy atom. The van der Waals surface area contributed by atoms with Gasteiger partial charge in [-0.1, -0.05) is 24.6 Å². The maximum absolute atomic E-state index is 10.7. The third-order valence-electron chi connectivity index (χ3n) is 3.38. The summed E-state index contributed by atoms with van der Waals surface area (Å²) in [6.07, 6.45) is 4.48. The van der Waals surface area contributed by atoms with E-state index in [0.29, 0.717) is 5.56 Å². The number of hydrogen-bond acceptors (Lipinski definition) is 2. The fraction of sp³-hybridized carbons (Fsp3) is 0.375. The van der Waals surface area contributed by atoms with Gasteiger partial charge in [0, 0.05) is 11.1 Å². The molecule has 0 bridgehead atoms. The smallest absolute Gasteiger partial charge is 0.150 e. The first-order valence-corrected chi connectivity index (χ1v) is 6.40. The fourth-order valence-electron chi connectivity index (χ4n) is 2.30. The van der Waals surface area contributed by atoms with Crippen molar-refractivity contribution in [2.24, 2.45) is 0 Å². The minimum atomic E-state index is -0.344. The number of carbonyl (C=O) groups is 1. The fourth-order valence-corrected chi connectivity index (χ4v) is 2.30. The molecule has 0 saturated heterocycles. The molecule has 0 spiro atoms. The number of aldehydes is 1. The molecule has 1 aliphatic rings. The molecule has 18 heavy (non-hydrogen) atoms. The van der Waals surface area contributed by atoms with Gasteiger partial charge in [-0.2, -0.15) is 0 Å². The Labute approximate surface area is 108 Å². The maximum Gasteiger partial charge on any atom is 0.150 e. The van der Waals surface area contributed by atoms with Crippen molar-refractivity contribution in [2.45, 2.75) is 38.7 Å². The van der Waals surface area contributed by atoms with E-state index < -0.39 is 0 Å². The van der Waals surface area contributed by atoms with E-state index in [2.05, 4.69) is 5.73 Å². The number of aliphatic hydroxyl groups excluding tert-OH is 1. The van der Waals surface area contributed by atoms with Crippen LogP contribution in [0.15, 0.2) is 35.6 Å². The summed E-state index contributed by atoms with van der Waals surface area (Å²) < 4.78 is 0. The minimum absolute atomic E-state index is 0.344. The van der Waals surface area contributed by atoms with E-state index >= 15 is 0 Å². The molecule has 1 aromatic rings. The highest BCUT2D eigenvalue weighted by atomic mass is 16.3. The van der Waals surface area contributed by atoms with Gasteiger partial charge in [0.15, 0.2) is 0 Å². The van der Waals surface area contributed by atoms with E-state index in [1.165, 1.54) is 0 Å². The van der Waals surface area contributed by atoms with Crippen molar-refractivity contribution in [3.05, 3.63) is 46.7 Å². The van der Waals surface area contributed by atoms with Crippen molar-refractivity contribution in [3.8, 4) is 0 Å². The first-order valence-electron chi connectivity index (χ1n) is 6.40. The van der Waals surface area contributed by atoms with E-state index in [-0.39, 0.29) is 6.10 Å². The number of aliphatic hydroxyl groups is 1. The van der Waals surface area contributed by atoms with Gasteiger partial charge in [0.05, 0.1) is 6.10 Å². The molecule has 2 nitrogen and oxygen atoms in total. The summed E-state index contributed by atoms with van der Waals surface area (Å²) in [5.74, 6) is 0. The van der Waals surface area contributed by atoms with Gasteiger partial charge in [0.25, 0.3) is 0 Å². The highest BCUT2D eigenvalue weighted by molar-refractivity contribution is 5.77. The Morgan fingerprint density at radius 2 is 2.28 bits per heavy atom. The molecule has 94 valence electrons. The van der Waals surface area contributed by atoms with Gasteiger partial charge < -0.3 is 5.11 Å². The standard InChI is InChI=1S/C16H18O2/c1-12(9-15-6-2-3-8-16(15)18)14-7-4-5-13(10-14)11-17/h4-5,7,10-11,16,18H,2-3,6,8H2,1H3/t9?,16-/m0/s1. The summed E-state index contributed by atoms with van der Waals surface area (Å²) in [4.78, 5) is 10.7. The van der Waals surface area contributed by atoms with Gasteiger partial charge in [-0.3, -0.25) is 4.79 Å². The third kappa shape index (κ3) is 2.98. The molecule has 1 aromatic carbocycles. The summed E-state index contributed by atoms with van der Waals surface area (Å²) in [7, 11) is 0. The number of benzene rings is 1. The second kappa shape index (κ2) is 5.81. The van der Waals surface area contributed by atoms with Gasteiger partial charge in [0.2, 0.25) is 0 Å². The first-order chi connectivity index (χ1) is 8.70. The van der Waals surface area contributed by atoms with Crippen molar-refractivity contribution in [3.63, 3.8) is 0 Å². The minimum Gasteiger partial charge on any atom is -0.388 e. The number of carbonyl (C=O) groups excluding carboxylic acids is 1. The van der Waals surface area contributed by atoms with Crippen molar-refractivity contribution >= 4 is 11.9 Å². The van der Waals surface area contributed by atoms with Crippen LogP contribution in [-0.4, -0.2) is 17.5 Å². The molecule has 1 N–H and O–H groups in total. The molecule has 0 aliphatic heterocycles. The van der Waals surface area contributed by atoms with Crippen LogP contribution < -0.4 is 0 Å². The topological polar surface area (TPSA) is 37.3 Å². The molecule has 1 saturated carbocycles. The van der Waals surface area contributed by atoms with Crippen LogP contribution in [0.1, 0.15) is 48.5 Å². The maximum atomic E-state index is 10.7. The van der Waals surface area contributed by atoms with Crippen molar-refractivity contribution in [1.29, 1.82) is 0 Å². The lowest BCUT2D eigenvalue weighted by Crippen LogP contribution is -2.14. The molecular formula is C16H18O2. The molecule has 0 unspecified atom stereocenters. The molecule has 2 heteroatoms. The predicted molar refractivity (Wildman–Crippen MR) is 72.4 cm³/mol. The highest BCUT2D eigenvalue weighted by Gasteiger charge is 2.15. The lowest BCUT2D eigenvalue weighted by molar-refractivity contribution is 0.112. The second-order valence-corrected chi connectivity index (χ2v) is 4.78. The summed E-state index contributed by atoms with van der Waals surface area (Å²) in [5, 5.41) is 9.90. The molecule has 0 heterocycles. The van der Waals surface area contributed by atoms with Gasteiger partial charge in [-0.25, -0.2) is 0 Å². The van der Waals surface area contributed by atoms with Gasteiger partial charge in [-0.05, 0) is 43.4 Å². The number of hydrogen-bond donors (Lipinski definition) is 1. The van der Waals surface area contributed by atoms with Gasteiger partial charge in [0.1, 0.15) is 6.29 Å². The van der Waals surface area contributed by atoms with Crippen LogP contribution in [0.5, 0.6) is 0 Å². The first kappa shape index (κ1) is 12.8. The van der Waals surface area contributed by atoms with Crippen LogP contribution in [0.3, 0.4) is 0 Å². The Morgan fingerprint density at radius 3 is 3.00 bits per heavy atom. The third-order valence-corrected chi connectivity index (χ3v) is 3.38. The Balaban J connectivity index is 2.36. The van der Waals surface area contributed by atoms with Gasteiger partial charge in [-0.15, -0.1) is 5.73 Å². The van der Waals surface area contributed by atoms with E-state index in [4.69, 9.17) is 0 Å². The summed E-state index contributed by atoms with van der Waals surface area (Å²) in [5.41, 5.74) is 6.94. The van der Waals surface area contributed by atoms with Crippen LogP contribution in [0.25, 0.3) is 5.57 Å². The molecule has 0 amide bonds.